The Labute approximate surface area is 366 Å². The number of rotatable bonds is 13. The average molecular weight is 882 g/mol. The SMILES string of the molecule is C[C@@H]1CN(c2ccc(C(=O)NS(=O)(=O)c3ccc(NCC4CCOCC4)c([N+](=O)[O-])c3)c(Oc3cnc4[nH]ccc4c3)c2)CCN1CC1=C(c2ccc(Cl)cc2)CCC(C)(C)C1. The van der Waals surface area contributed by atoms with E-state index in [4.69, 9.17) is 21.1 Å². The molecule has 8 rings (SSSR count). The van der Waals surface area contributed by atoms with Crippen LogP contribution < -0.4 is 19.7 Å². The molecule has 2 fully saturated rings. The molecule has 0 saturated carbocycles. The number of nitrogens with zero attached hydrogens (tertiary/aromatic N) is 4. The smallest absolute Gasteiger partial charge is 0.293 e. The minimum absolute atomic E-state index is 0.0380. The van der Waals surface area contributed by atoms with Crippen LogP contribution in [-0.4, -0.2) is 86.1 Å². The number of halogens is 1. The number of nitro groups is 1. The standard InChI is InChI=1S/C46H52ClN7O7S/c1-30-28-53(19-18-52(30)29-34-25-46(2,3)16-12-39(34)32-4-6-35(47)7-5-32)36-8-10-40(43(23-36)61-37-22-33-13-17-48-44(33)50-27-37)45(55)51-62(58,59)38-9-11-41(42(24-38)54(56)57)49-26-31-14-20-60-21-15-31/h4-11,13,17,22-24,27,30-31,49H,12,14-16,18-21,25-26,28-29H2,1-3H3,(H,48,50)(H,51,55)/t30-/m1/s1. The van der Waals surface area contributed by atoms with Gasteiger partial charge in [-0.15, -0.1) is 0 Å². The van der Waals surface area contributed by atoms with Crippen molar-refractivity contribution in [2.45, 2.75) is 63.8 Å². The molecule has 2 aliphatic heterocycles. The number of hydrogen-bond acceptors (Lipinski definition) is 11. The summed E-state index contributed by atoms with van der Waals surface area (Å²) < 4.78 is 41.3. The predicted octanol–water partition coefficient (Wildman–Crippen LogP) is 9.05. The Bertz CT molecular complexity index is 2610. The number of carbonyl (C=O) groups excluding carboxylic acids is 1. The number of aromatic nitrogens is 2. The van der Waals surface area contributed by atoms with Gasteiger partial charge in [-0.2, -0.15) is 0 Å². The molecule has 4 heterocycles. The van der Waals surface area contributed by atoms with Crippen LogP contribution in [0.4, 0.5) is 17.1 Å². The van der Waals surface area contributed by atoms with Gasteiger partial charge in [0.25, 0.3) is 21.6 Å². The van der Waals surface area contributed by atoms with Crippen LogP contribution >= 0.6 is 11.6 Å². The third kappa shape index (κ3) is 9.91. The van der Waals surface area contributed by atoms with Crippen LogP contribution in [0.15, 0.2) is 95.7 Å². The summed E-state index contributed by atoms with van der Waals surface area (Å²) >= 11 is 6.25. The number of pyridine rings is 1. The molecule has 3 N–H and O–H groups in total. The molecule has 326 valence electrons. The number of anilines is 2. The third-order valence-electron chi connectivity index (χ3n) is 12.3. The molecule has 0 spiro atoms. The van der Waals surface area contributed by atoms with E-state index in [0.717, 1.165) is 67.4 Å². The third-order valence-corrected chi connectivity index (χ3v) is 13.9. The summed E-state index contributed by atoms with van der Waals surface area (Å²) in [6.07, 6.45) is 8.11. The van der Waals surface area contributed by atoms with Gasteiger partial charge in [-0.3, -0.25) is 19.8 Å². The van der Waals surface area contributed by atoms with Gasteiger partial charge in [-0.05, 0) is 110 Å². The summed E-state index contributed by atoms with van der Waals surface area (Å²) in [5.41, 5.74) is 5.53. The van der Waals surface area contributed by atoms with E-state index in [1.54, 1.807) is 30.5 Å². The van der Waals surface area contributed by atoms with Crippen molar-refractivity contribution in [3.63, 3.8) is 0 Å². The van der Waals surface area contributed by atoms with E-state index in [-0.39, 0.29) is 34.4 Å². The lowest BCUT2D eigenvalue weighted by Gasteiger charge is -2.43. The summed E-state index contributed by atoms with van der Waals surface area (Å²) in [7, 11) is -4.56. The minimum atomic E-state index is -4.56. The summed E-state index contributed by atoms with van der Waals surface area (Å²) in [6, 6.07) is 20.7. The number of amides is 1. The van der Waals surface area contributed by atoms with Crippen molar-refractivity contribution in [3.05, 3.63) is 117 Å². The molecular weight excluding hydrogens is 830 g/mol. The van der Waals surface area contributed by atoms with Gasteiger partial charge in [0.15, 0.2) is 0 Å². The first-order valence-electron chi connectivity index (χ1n) is 21.1. The van der Waals surface area contributed by atoms with Crippen molar-refractivity contribution in [2.75, 3.05) is 56.2 Å². The van der Waals surface area contributed by atoms with Crippen molar-refractivity contribution >= 4 is 61.2 Å². The molecule has 14 nitrogen and oxygen atoms in total. The Morgan fingerprint density at radius 3 is 2.61 bits per heavy atom. The Balaban J connectivity index is 1.02. The van der Waals surface area contributed by atoms with Crippen LogP contribution in [0.25, 0.3) is 16.6 Å². The van der Waals surface area contributed by atoms with Gasteiger partial charge in [-0.1, -0.05) is 43.2 Å². The monoisotopic (exact) mass is 881 g/mol. The van der Waals surface area contributed by atoms with Gasteiger partial charge in [-0.25, -0.2) is 18.1 Å². The summed E-state index contributed by atoms with van der Waals surface area (Å²) in [4.78, 5) is 37.3. The van der Waals surface area contributed by atoms with E-state index >= 15 is 0 Å². The fourth-order valence-corrected chi connectivity index (χ4v) is 9.89. The molecule has 0 unspecified atom stereocenters. The van der Waals surface area contributed by atoms with E-state index in [0.29, 0.717) is 44.2 Å². The first kappa shape index (κ1) is 43.2. The fourth-order valence-electron chi connectivity index (χ4n) is 8.78. The number of hydrogen-bond donors (Lipinski definition) is 3. The van der Waals surface area contributed by atoms with Crippen molar-refractivity contribution in [3.8, 4) is 11.5 Å². The highest BCUT2D eigenvalue weighted by molar-refractivity contribution is 7.90. The van der Waals surface area contributed by atoms with Crippen molar-refractivity contribution in [1.82, 2.24) is 19.6 Å². The molecule has 1 atom stereocenters. The Morgan fingerprint density at radius 2 is 1.85 bits per heavy atom. The van der Waals surface area contributed by atoms with Crippen LogP contribution in [0.2, 0.25) is 5.02 Å². The van der Waals surface area contributed by atoms with Gasteiger partial charge < -0.3 is 24.7 Å². The number of H-pyrrole nitrogens is 1. The maximum Gasteiger partial charge on any atom is 0.293 e. The second-order valence-corrected chi connectivity index (χ2v) is 19.5. The summed E-state index contributed by atoms with van der Waals surface area (Å²) in [5, 5.41) is 16.7. The molecule has 5 aromatic rings. The maximum atomic E-state index is 14.0. The molecule has 0 radical (unpaired) electrons. The molecular formula is C46H52ClN7O7S. The number of nitro benzene ring substituents is 1. The average Bonchev–Trinajstić information content (AvgIpc) is 3.72. The molecule has 2 saturated heterocycles. The van der Waals surface area contributed by atoms with E-state index in [2.05, 4.69) is 62.7 Å². The zero-order valence-electron chi connectivity index (χ0n) is 35.2. The Hall–Kier alpha value is -5.48. The first-order valence-corrected chi connectivity index (χ1v) is 23.0. The number of carbonyl (C=O) groups is 1. The van der Waals surface area contributed by atoms with Crippen LogP contribution in [0, 0.1) is 21.4 Å². The van der Waals surface area contributed by atoms with Crippen molar-refractivity contribution in [1.29, 1.82) is 0 Å². The summed E-state index contributed by atoms with van der Waals surface area (Å²) in [6.45, 7) is 11.7. The number of sulfonamides is 1. The molecule has 16 heteroatoms. The highest BCUT2D eigenvalue weighted by Crippen LogP contribution is 2.43. The molecule has 1 aliphatic carbocycles. The highest BCUT2D eigenvalue weighted by Gasteiger charge is 2.32. The number of benzene rings is 3. The second kappa shape index (κ2) is 18.1. The highest BCUT2D eigenvalue weighted by atomic mass is 35.5. The van der Waals surface area contributed by atoms with Crippen LogP contribution in [0.5, 0.6) is 11.5 Å². The Morgan fingerprint density at radius 1 is 1.06 bits per heavy atom. The zero-order chi connectivity index (χ0) is 43.6. The molecule has 0 bridgehead atoms. The van der Waals surface area contributed by atoms with Gasteiger partial charge in [0, 0.05) is 86.4 Å². The molecule has 2 aromatic heterocycles. The molecule has 3 aliphatic rings. The fraction of sp³-hybridized carbons (Fsp3) is 0.391. The second-order valence-electron chi connectivity index (χ2n) is 17.4. The number of aromatic amines is 1. The van der Waals surface area contributed by atoms with E-state index in [9.17, 15) is 23.3 Å². The molecule has 3 aromatic carbocycles. The van der Waals surface area contributed by atoms with Crippen molar-refractivity contribution in [2.24, 2.45) is 11.3 Å². The number of nitrogens with one attached hydrogen (secondary N) is 3. The Kier molecular flexibility index (Phi) is 12.6. The first-order chi connectivity index (χ1) is 29.7. The van der Waals surface area contributed by atoms with E-state index in [1.165, 1.54) is 35.0 Å². The number of piperazine rings is 1. The van der Waals surface area contributed by atoms with Gasteiger partial charge in [0.2, 0.25) is 0 Å². The number of fused-ring (bicyclic) bond motifs is 1. The lowest BCUT2D eigenvalue weighted by Crippen LogP contribution is -2.52. The van der Waals surface area contributed by atoms with Crippen LogP contribution in [0.3, 0.4) is 0 Å². The van der Waals surface area contributed by atoms with Gasteiger partial charge in [0.05, 0.1) is 21.6 Å². The van der Waals surface area contributed by atoms with Crippen LogP contribution in [0.1, 0.15) is 68.8 Å². The quantitative estimate of drug-likeness (QED) is 0.0761. The summed E-state index contributed by atoms with van der Waals surface area (Å²) in [5.74, 6) is -0.203. The van der Waals surface area contributed by atoms with E-state index in [1.807, 2.05) is 18.2 Å². The zero-order valence-corrected chi connectivity index (χ0v) is 36.7. The number of ether oxygens (including phenoxy) is 2. The van der Waals surface area contributed by atoms with Gasteiger partial charge in [0.1, 0.15) is 22.8 Å². The lowest BCUT2D eigenvalue weighted by molar-refractivity contribution is -0.384. The maximum absolute atomic E-state index is 14.0. The molecule has 62 heavy (non-hydrogen) atoms. The lowest BCUT2D eigenvalue weighted by atomic mass is 9.72. The van der Waals surface area contributed by atoms with Gasteiger partial charge >= 0.3 is 0 Å². The largest absolute Gasteiger partial charge is 0.455 e. The topological polar surface area (TPSA) is 172 Å². The predicted molar refractivity (Wildman–Crippen MR) is 242 cm³/mol. The van der Waals surface area contributed by atoms with E-state index < -0.39 is 31.4 Å². The van der Waals surface area contributed by atoms with Crippen LogP contribution in [-0.2, 0) is 14.8 Å². The minimum Gasteiger partial charge on any atom is -0.455 e. The number of allylic oxidation sites excluding steroid dienone is 1. The normalized spacial score (nSPS) is 18.8. The molecule has 1 amide bonds. The van der Waals surface area contributed by atoms with Crippen molar-refractivity contribution < 1.29 is 27.6 Å².